The number of fused-ring (bicyclic) bond motifs is 1. The van der Waals surface area contributed by atoms with Crippen LogP contribution in [0, 0.1) is 10.1 Å². The minimum Gasteiger partial charge on any atom is -0.459 e. The van der Waals surface area contributed by atoms with Gasteiger partial charge < -0.3 is 9.64 Å². The van der Waals surface area contributed by atoms with Crippen LogP contribution in [0.25, 0.3) is 0 Å². The van der Waals surface area contributed by atoms with Crippen molar-refractivity contribution in [2.45, 2.75) is 42.5 Å². The summed E-state index contributed by atoms with van der Waals surface area (Å²) in [4.78, 5) is 36.8. The first kappa shape index (κ1) is 18.4. The lowest BCUT2D eigenvalue weighted by Crippen LogP contribution is -2.58. The van der Waals surface area contributed by atoms with Gasteiger partial charge in [0.1, 0.15) is 12.6 Å². The minimum absolute atomic E-state index is 0.0231. The number of amides is 1. The summed E-state index contributed by atoms with van der Waals surface area (Å²) in [6.07, 6.45) is 2.47. The standard InChI is InChI=1S/C17H17N5O5S/c1-17(7-11-8-18-20-19-11)15(21-13(23)6-14(21)28-17)16(24)27-9-10-2-4-12(5-3-10)22(25)26/h2-5,8,14-15H,6-7,9H2,1H3,(H,18,19,20). The normalized spacial score (nSPS) is 25.9. The van der Waals surface area contributed by atoms with Crippen molar-refractivity contribution in [3.8, 4) is 0 Å². The number of β-lactam (4-membered cyclic amide) rings is 1. The molecule has 0 bridgehead atoms. The number of carbonyl (C=O) groups excluding carboxylic acids is 2. The number of rotatable bonds is 6. The highest BCUT2D eigenvalue weighted by molar-refractivity contribution is 8.01. The molecule has 28 heavy (non-hydrogen) atoms. The third kappa shape index (κ3) is 3.21. The Balaban J connectivity index is 1.48. The summed E-state index contributed by atoms with van der Waals surface area (Å²) < 4.78 is 4.89. The monoisotopic (exact) mass is 403 g/mol. The molecule has 10 nitrogen and oxygen atoms in total. The van der Waals surface area contributed by atoms with Gasteiger partial charge in [-0.15, -0.1) is 11.8 Å². The van der Waals surface area contributed by atoms with Crippen molar-refractivity contribution in [3.63, 3.8) is 0 Å². The number of thioether (sulfide) groups is 1. The van der Waals surface area contributed by atoms with E-state index >= 15 is 0 Å². The smallest absolute Gasteiger partial charge is 0.330 e. The fourth-order valence-electron chi connectivity index (χ4n) is 3.60. The highest BCUT2D eigenvalue weighted by atomic mass is 32.2. The van der Waals surface area contributed by atoms with Crippen LogP contribution < -0.4 is 0 Å². The van der Waals surface area contributed by atoms with Gasteiger partial charge in [0.15, 0.2) is 0 Å². The lowest BCUT2D eigenvalue weighted by molar-refractivity contribution is -0.384. The van der Waals surface area contributed by atoms with E-state index in [1.54, 1.807) is 35.0 Å². The van der Waals surface area contributed by atoms with Crippen LogP contribution in [0.1, 0.15) is 24.6 Å². The third-order valence-corrected chi connectivity index (χ3v) is 6.53. The molecule has 0 saturated carbocycles. The van der Waals surface area contributed by atoms with E-state index in [1.807, 2.05) is 6.92 Å². The molecule has 2 fully saturated rings. The molecule has 2 aliphatic rings. The zero-order valence-corrected chi connectivity index (χ0v) is 15.7. The summed E-state index contributed by atoms with van der Waals surface area (Å²) in [5.74, 6) is -0.564. The van der Waals surface area contributed by atoms with Gasteiger partial charge in [-0.3, -0.25) is 14.9 Å². The van der Waals surface area contributed by atoms with Crippen LogP contribution in [0.5, 0.6) is 0 Å². The first-order valence-electron chi connectivity index (χ1n) is 8.61. The van der Waals surface area contributed by atoms with Crippen LogP contribution in [-0.4, -0.2) is 53.3 Å². The summed E-state index contributed by atoms with van der Waals surface area (Å²) >= 11 is 1.58. The van der Waals surface area contributed by atoms with Gasteiger partial charge in [-0.05, 0) is 24.6 Å². The molecule has 0 spiro atoms. The van der Waals surface area contributed by atoms with Gasteiger partial charge in [-0.25, -0.2) is 4.79 Å². The van der Waals surface area contributed by atoms with Crippen molar-refractivity contribution in [1.29, 1.82) is 0 Å². The zero-order chi connectivity index (χ0) is 19.9. The lowest BCUT2D eigenvalue weighted by Gasteiger charge is -2.37. The van der Waals surface area contributed by atoms with Gasteiger partial charge in [0.2, 0.25) is 5.91 Å². The van der Waals surface area contributed by atoms with Gasteiger partial charge in [0.25, 0.3) is 5.69 Å². The Labute approximate surface area is 163 Å². The Bertz CT molecular complexity index is 919. The average molecular weight is 403 g/mol. The maximum absolute atomic E-state index is 12.9. The highest BCUT2D eigenvalue weighted by Gasteiger charge is 2.61. The van der Waals surface area contributed by atoms with Gasteiger partial charge >= 0.3 is 5.97 Å². The summed E-state index contributed by atoms with van der Waals surface area (Å²) in [6.45, 7) is 1.90. The second kappa shape index (κ2) is 6.89. The maximum atomic E-state index is 12.9. The van der Waals surface area contributed by atoms with Crippen molar-refractivity contribution in [2.24, 2.45) is 0 Å². The number of aromatic amines is 1. The molecule has 2 aromatic rings. The van der Waals surface area contributed by atoms with E-state index in [4.69, 9.17) is 4.74 Å². The second-order valence-corrected chi connectivity index (χ2v) is 8.67. The Morgan fingerprint density at radius 1 is 1.46 bits per heavy atom. The SMILES string of the molecule is CC1(Cc2cn[nH]n2)SC2CC(=O)N2C1C(=O)OCc1ccc([N+](=O)[O-])cc1. The number of nitro groups is 1. The third-order valence-electron chi connectivity index (χ3n) is 4.96. The first-order chi connectivity index (χ1) is 13.4. The maximum Gasteiger partial charge on any atom is 0.330 e. The van der Waals surface area contributed by atoms with Crippen molar-refractivity contribution in [3.05, 3.63) is 51.8 Å². The van der Waals surface area contributed by atoms with Crippen molar-refractivity contribution in [1.82, 2.24) is 20.3 Å². The zero-order valence-electron chi connectivity index (χ0n) is 14.9. The van der Waals surface area contributed by atoms with E-state index < -0.39 is 21.7 Å². The van der Waals surface area contributed by atoms with Crippen LogP contribution in [-0.2, 0) is 27.4 Å². The van der Waals surface area contributed by atoms with E-state index in [2.05, 4.69) is 15.4 Å². The number of nitrogens with one attached hydrogen (secondary N) is 1. The van der Waals surface area contributed by atoms with E-state index in [0.29, 0.717) is 24.1 Å². The number of benzene rings is 1. The Hall–Kier alpha value is -2.95. The Kier molecular flexibility index (Phi) is 4.53. The number of nitro benzene ring substituents is 1. The number of nitrogens with zero attached hydrogens (tertiary/aromatic N) is 4. The molecular formula is C17H17N5O5S. The molecule has 3 unspecified atom stereocenters. The number of H-pyrrole nitrogens is 1. The van der Waals surface area contributed by atoms with E-state index in [9.17, 15) is 19.7 Å². The predicted molar refractivity (Wildman–Crippen MR) is 98.0 cm³/mol. The van der Waals surface area contributed by atoms with E-state index in [-0.39, 0.29) is 23.6 Å². The molecule has 0 aliphatic carbocycles. The fraction of sp³-hybridized carbons (Fsp3) is 0.412. The minimum atomic E-state index is -0.724. The highest BCUT2D eigenvalue weighted by Crippen LogP contribution is 2.52. The average Bonchev–Trinajstić information content (AvgIpc) is 3.24. The number of aromatic nitrogens is 3. The van der Waals surface area contributed by atoms with Crippen molar-refractivity contribution >= 4 is 29.3 Å². The fourth-order valence-corrected chi connectivity index (χ4v) is 5.37. The Morgan fingerprint density at radius 3 is 2.82 bits per heavy atom. The molecule has 1 aromatic heterocycles. The predicted octanol–water partition coefficient (Wildman–Crippen LogP) is 1.43. The van der Waals surface area contributed by atoms with Crippen LogP contribution >= 0.6 is 11.8 Å². The molecule has 4 rings (SSSR count). The summed E-state index contributed by atoms with van der Waals surface area (Å²) in [6, 6.07) is 5.08. The molecule has 3 heterocycles. The van der Waals surface area contributed by atoms with Crippen LogP contribution in [0.2, 0.25) is 0 Å². The van der Waals surface area contributed by atoms with Gasteiger partial charge in [0.05, 0.1) is 33.4 Å². The number of carbonyl (C=O) groups is 2. The number of hydrogen-bond donors (Lipinski definition) is 1. The quantitative estimate of drug-likeness (QED) is 0.332. The number of non-ortho nitro benzene ring substituents is 1. The molecule has 1 aromatic carbocycles. The first-order valence-corrected chi connectivity index (χ1v) is 9.49. The summed E-state index contributed by atoms with van der Waals surface area (Å²) in [5.41, 5.74) is 1.31. The van der Waals surface area contributed by atoms with Crippen LogP contribution in [0.4, 0.5) is 5.69 Å². The molecule has 146 valence electrons. The Morgan fingerprint density at radius 2 is 2.21 bits per heavy atom. The van der Waals surface area contributed by atoms with Crippen LogP contribution in [0.15, 0.2) is 30.5 Å². The summed E-state index contributed by atoms with van der Waals surface area (Å²) in [7, 11) is 0. The second-order valence-electron chi connectivity index (χ2n) is 6.96. The van der Waals surface area contributed by atoms with Crippen molar-refractivity contribution < 1.29 is 19.2 Å². The molecule has 2 aliphatic heterocycles. The topological polar surface area (TPSA) is 131 Å². The molecule has 11 heteroatoms. The lowest BCUT2D eigenvalue weighted by atomic mass is 9.92. The summed E-state index contributed by atoms with van der Waals surface area (Å²) in [5, 5.41) is 21.1. The molecule has 0 radical (unpaired) electrons. The number of hydrogen-bond acceptors (Lipinski definition) is 8. The molecule has 1 amide bonds. The van der Waals surface area contributed by atoms with E-state index in [1.165, 1.54) is 12.1 Å². The van der Waals surface area contributed by atoms with Gasteiger partial charge in [0, 0.05) is 18.6 Å². The number of esters is 1. The van der Waals surface area contributed by atoms with Gasteiger partial charge in [-0.1, -0.05) is 0 Å². The van der Waals surface area contributed by atoms with E-state index in [0.717, 1.165) is 0 Å². The van der Waals surface area contributed by atoms with Crippen LogP contribution in [0.3, 0.4) is 0 Å². The molecular weight excluding hydrogens is 386 g/mol. The molecule has 2 saturated heterocycles. The largest absolute Gasteiger partial charge is 0.459 e. The van der Waals surface area contributed by atoms with Crippen molar-refractivity contribution in [2.75, 3.05) is 0 Å². The number of ether oxygens (including phenoxy) is 1. The molecule has 1 N–H and O–H groups in total. The van der Waals surface area contributed by atoms with Gasteiger partial charge in [-0.2, -0.15) is 15.4 Å². The molecule has 3 atom stereocenters.